The monoisotopic (exact) mass is 530 g/mol. The number of ether oxygens (including phenoxy) is 1. The van der Waals surface area contributed by atoms with Crippen LogP contribution in [0, 0.1) is 0 Å². The van der Waals surface area contributed by atoms with Gasteiger partial charge < -0.3 is 14.2 Å². The summed E-state index contributed by atoms with van der Waals surface area (Å²) in [6.45, 7) is 0.711. The van der Waals surface area contributed by atoms with Gasteiger partial charge in [0.2, 0.25) is 0 Å². The van der Waals surface area contributed by atoms with Crippen molar-refractivity contribution in [3.8, 4) is 16.9 Å². The van der Waals surface area contributed by atoms with Crippen LogP contribution in [-0.4, -0.2) is 39.4 Å². The van der Waals surface area contributed by atoms with Gasteiger partial charge in [0.05, 0.1) is 17.6 Å². The molecule has 0 N–H and O–H groups in total. The van der Waals surface area contributed by atoms with E-state index in [1.54, 1.807) is 67.8 Å². The number of carbonyl (C=O) groups excluding carboxylic acids is 1. The third kappa shape index (κ3) is 5.45. The highest BCUT2D eigenvalue weighted by Gasteiger charge is 2.15. The standard InChI is InChI=1S/C29H24Cl2N4O2/c1-34(2)29(36)20-3-7-24(8-4-20)37-18-28-33-26-10-5-21(19-11-13-32-14-12-19)16-27(26)35(28)17-22-15-23(30)6-9-25(22)31/h3-16H,17-18H2,1-2H3. The van der Waals surface area contributed by atoms with Gasteiger partial charge in [0.1, 0.15) is 18.2 Å². The molecule has 0 atom stereocenters. The third-order valence-corrected chi connectivity index (χ3v) is 6.66. The molecule has 6 nitrogen and oxygen atoms in total. The van der Waals surface area contributed by atoms with E-state index in [1.165, 1.54) is 0 Å². The predicted molar refractivity (Wildman–Crippen MR) is 147 cm³/mol. The number of carbonyl (C=O) groups is 1. The van der Waals surface area contributed by atoms with Crippen molar-refractivity contribution in [1.82, 2.24) is 19.4 Å². The molecule has 1 amide bonds. The summed E-state index contributed by atoms with van der Waals surface area (Å²) in [5.41, 5.74) is 5.41. The minimum absolute atomic E-state index is 0.0586. The van der Waals surface area contributed by atoms with E-state index in [1.807, 2.05) is 30.3 Å². The summed E-state index contributed by atoms with van der Waals surface area (Å²) in [6.07, 6.45) is 3.55. The molecule has 0 fully saturated rings. The Hall–Kier alpha value is -3.87. The molecular formula is C29H24Cl2N4O2. The fraction of sp³-hybridized carbons (Fsp3) is 0.138. The van der Waals surface area contributed by atoms with Crippen molar-refractivity contribution in [3.63, 3.8) is 0 Å². The number of nitrogens with zero attached hydrogens (tertiary/aromatic N) is 4. The van der Waals surface area contributed by atoms with Gasteiger partial charge in [0.25, 0.3) is 5.91 Å². The van der Waals surface area contributed by atoms with Crippen molar-refractivity contribution >= 4 is 40.1 Å². The predicted octanol–water partition coefficient (Wildman–Crippen LogP) is 6.73. The molecule has 0 radical (unpaired) electrons. The zero-order valence-corrected chi connectivity index (χ0v) is 21.9. The van der Waals surface area contributed by atoms with Gasteiger partial charge in [-0.25, -0.2) is 4.98 Å². The van der Waals surface area contributed by atoms with Gasteiger partial charge in [-0.2, -0.15) is 0 Å². The van der Waals surface area contributed by atoms with Crippen molar-refractivity contribution in [2.24, 2.45) is 0 Å². The molecule has 0 aliphatic rings. The number of benzene rings is 3. The summed E-state index contributed by atoms with van der Waals surface area (Å²) in [4.78, 5) is 22.7. The van der Waals surface area contributed by atoms with Crippen molar-refractivity contribution in [2.45, 2.75) is 13.2 Å². The Balaban J connectivity index is 1.50. The second-order valence-corrected chi connectivity index (χ2v) is 9.65. The third-order valence-electron chi connectivity index (χ3n) is 6.05. The number of amides is 1. The topological polar surface area (TPSA) is 60.3 Å². The van der Waals surface area contributed by atoms with Gasteiger partial charge in [0, 0.05) is 42.1 Å². The van der Waals surface area contributed by atoms with E-state index >= 15 is 0 Å². The Morgan fingerprint density at radius 1 is 0.919 bits per heavy atom. The lowest BCUT2D eigenvalue weighted by atomic mass is 10.1. The molecule has 2 heterocycles. The summed E-state index contributed by atoms with van der Waals surface area (Å²) in [6, 6.07) is 22.7. The molecule has 0 bridgehead atoms. The second kappa shape index (κ2) is 10.6. The maximum absolute atomic E-state index is 12.2. The molecule has 0 spiro atoms. The van der Waals surface area contributed by atoms with Crippen LogP contribution in [0.5, 0.6) is 5.75 Å². The molecule has 0 saturated carbocycles. The van der Waals surface area contributed by atoms with E-state index in [0.717, 1.165) is 33.5 Å². The number of fused-ring (bicyclic) bond motifs is 1. The van der Waals surface area contributed by atoms with E-state index in [9.17, 15) is 4.79 Å². The van der Waals surface area contributed by atoms with Crippen molar-refractivity contribution in [2.75, 3.05) is 14.1 Å². The fourth-order valence-electron chi connectivity index (χ4n) is 4.12. The summed E-state index contributed by atoms with van der Waals surface area (Å²) >= 11 is 12.8. The Morgan fingerprint density at radius 3 is 2.41 bits per heavy atom. The van der Waals surface area contributed by atoms with Crippen LogP contribution in [0.1, 0.15) is 21.7 Å². The average molecular weight is 531 g/mol. The first-order valence-electron chi connectivity index (χ1n) is 11.7. The Bertz CT molecular complexity index is 1560. The van der Waals surface area contributed by atoms with Gasteiger partial charge in [-0.05, 0) is 83.4 Å². The van der Waals surface area contributed by atoms with E-state index in [-0.39, 0.29) is 12.5 Å². The molecule has 37 heavy (non-hydrogen) atoms. The Labute approximate surface area is 225 Å². The number of hydrogen-bond donors (Lipinski definition) is 0. The lowest BCUT2D eigenvalue weighted by molar-refractivity contribution is 0.0827. The van der Waals surface area contributed by atoms with Crippen LogP contribution in [0.3, 0.4) is 0 Å². The Morgan fingerprint density at radius 2 is 1.68 bits per heavy atom. The highest BCUT2D eigenvalue weighted by Crippen LogP contribution is 2.28. The minimum atomic E-state index is -0.0586. The van der Waals surface area contributed by atoms with E-state index in [0.29, 0.717) is 27.9 Å². The minimum Gasteiger partial charge on any atom is -0.486 e. The lowest BCUT2D eigenvalue weighted by Gasteiger charge is -2.13. The molecule has 2 aromatic heterocycles. The Kier molecular flexibility index (Phi) is 7.12. The van der Waals surface area contributed by atoms with Crippen LogP contribution in [0.2, 0.25) is 10.0 Å². The highest BCUT2D eigenvalue weighted by atomic mass is 35.5. The summed E-state index contributed by atoms with van der Waals surface area (Å²) in [5.74, 6) is 1.33. The number of imidazole rings is 1. The maximum atomic E-state index is 12.2. The molecule has 0 saturated heterocycles. The van der Waals surface area contributed by atoms with Gasteiger partial charge in [0.15, 0.2) is 0 Å². The normalized spacial score (nSPS) is 11.0. The van der Waals surface area contributed by atoms with Crippen LogP contribution in [-0.2, 0) is 13.2 Å². The van der Waals surface area contributed by atoms with Crippen LogP contribution >= 0.6 is 23.2 Å². The molecule has 0 aliphatic heterocycles. The first kappa shape index (κ1) is 24.8. The number of halogens is 2. The van der Waals surface area contributed by atoms with E-state index in [4.69, 9.17) is 32.9 Å². The zero-order valence-electron chi connectivity index (χ0n) is 20.4. The van der Waals surface area contributed by atoms with Gasteiger partial charge in [-0.15, -0.1) is 0 Å². The van der Waals surface area contributed by atoms with Gasteiger partial charge in [-0.1, -0.05) is 29.3 Å². The molecule has 186 valence electrons. The largest absolute Gasteiger partial charge is 0.486 e. The first-order valence-corrected chi connectivity index (χ1v) is 12.4. The summed E-state index contributed by atoms with van der Waals surface area (Å²) < 4.78 is 8.19. The molecule has 0 aliphatic carbocycles. The van der Waals surface area contributed by atoms with Gasteiger partial charge >= 0.3 is 0 Å². The molecule has 3 aromatic carbocycles. The second-order valence-electron chi connectivity index (χ2n) is 8.80. The summed E-state index contributed by atoms with van der Waals surface area (Å²) in [5, 5.41) is 1.25. The first-order chi connectivity index (χ1) is 17.9. The maximum Gasteiger partial charge on any atom is 0.253 e. The number of pyridine rings is 1. The number of aromatic nitrogens is 3. The van der Waals surface area contributed by atoms with Crippen LogP contribution < -0.4 is 4.74 Å². The lowest BCUT2D eigenvalue weighted by Crippen LogP contribution is -2.21. The molecular weight excluding hydrogens is 507 g/mol. The SMILES string of the molecule is CN(C)C(=O)c1ccc(OCc2nc3ccc(-c4ccncc4)cc3n2Cc2cc(Cl)ccc2Cl)cc1. The quantitative estimate of drug-likeness (QED) is 0.234. The van der Waals surface area contributed by atoms with E-state index in [2.05, 4.69) is 15.6 Å². The van der Waals surface area contributed by atoms with Crippen LogP contribution in [0.15, 0.2) is 85.2 Å². The van der Waals surface area contributed by atoms with Crippen LogP contribution in [0.25, 0.3) is 22.2 Å². The fourth-order valence-corrected chi connectivity index (χ4v) is 4.49. The van der Waals surface area contributed by atoms with Crippen molar-refractivity contribution in [1.29, 1.82) is 0 Å². The number of rotatable bonds is 7. The van der Waals surface area contributed by atoms with E-state index < -0.39 is 0 Å². The molecule has 5 aromatic rings. The molecule has 8 heteroatoms. The van der Waals surface area contributed by atoms with Gasteiger partial charge in [-0.3, -0.25) is 9.78 Å². The summed E-state index contributed by atoms with van der Waals surface area (Å²) in [7, 11) is 3.45. The molecule has 5 rings (SSSR count). The zero-order chi connectivity index (χ0) is 25.9. The molecule has 0 unspecified atom stereocenters. The smallest absolute Gasteiger partial charge is 0.253 e. The highest BCUT2D eigenvalue weighted by molar-refractivity contribution is 6.33. The van der Waals surface area contributed by atoms with Crippen molar-refractivity contribution in [3.05, 3.63) is 112 Å². The average Bonchev–Trinajstić information content (AvgIpc) is 3.26. The van der Waals surface area contributed by atoms with Crippen molar-refractivity contribution < 1.29 is 9.53 Å². The van der Waals surface area contributed by atoms with Crippen LogP contribution in [0.4, 0.5) is 0 Å². The number of hydrogen-bond acceptors (Lipinski definition) is 4.